The molecule has 0 saturated carbocycles. The zero-order valence-corrected chi connectivity index (χ0v) is 26.4. The molecule has 46 heavy (non-hydrogen) atoms. The second kappa shape index (κ2) is 9.95. The van der Waals surface area contributed by atoms with Gasteiger partial charge in [-0.15, -0.1) is 0 Å². The molecule has 2 heterocycles. The first-order valence-corrected chi connectivity index (χ1v) is 16.0. The smallest absolute Gasteiger partial charge is 0.0975 e. The maximum Gasteiger partial charge on any atom is 0.0975 e. The van der Waals surface area contributed by atoms with Crippen molar-refractivity contribution in [2.75, 3.05) is 0 Å². The van der Waals surface area contributed by atoms with E-state index in [0.717, 1.165) is 22.3 Å². The Bertz CT molecular complexity index is 2670. The molecule has 0 N–H and O–H groups in total. The van der Waals surface area contributed by atoms with Crippen LogP contribution in [0.15, 0.2) is 121 Å². The second-order valence-electron chi connectivity index (χ2n) is 12.8. The van der Waals surface area contributed by atoms with Crippen LogP contribution in [-0.4, -0.2) is 9.97 Å². The minimum absolute atomic E-state index is 0.972. The first kappa shape index (κ1) is 26.8. The van der Waals surface area contributed by atoms with E-state index >= 15 is 0 Å². The minimum atomic E-state index is 0.972. The molecule has 0 bridgehead atoms. The summed E-state index contributed by atoms with van der Waals surface area (Å²) in [5, 5.41) is 10.2. The van der Waals surface area contributed by atoms with Gasteiger partial charge in [0.25, 0.3) is 0 Å². The summed E-state index contributed by atoms with van der Waals surface area (Å²) >= 11 is 0. The van der Waals surface area contributed by atoms with E-state index < -0.39 is 0 Å². The van der Waals surface area contributed by atoms with E-state index in [1.54, 1.807) is 0 Å². The van der Waals surface area contributed by atoms with Crippen LogP contribution in [-0.2, 0) is 0 Å². The summed E-state index contributed by atoms with van der Waals surface area (Å²) < 4.78 is 0. The Labute approximate surface area is 268 Å². The van der Waals surface area contributed by atoms with Gasteiger partial charge >= 0.3 is 0 Å². The number of hydrogen-bond acceptors (Lipinski definition) is 2. The molecule has 0 spiro atoms. The first-order valence-electron chi connectivity index (χ1n) is 16.0. The molecular formula is C44H32N2. The summed E-state index contributed by atoms with van der Waals surface area (Å²) in [4.78, 5) is 10.2. The van der Waals surface area contributed by atoms with Crippen LogP contribution in [0.1, 0.15) is 22.3 Å². The lowest BCUT2D eigenvalue weighted by atomic mass is 9.89. The Morgan fingerprint density at radius 3 is 1.76 bits per heavy atom. The predicted octanol–water partition coefficient (Wildman–Crippen LogP) is 11.9. The average Bonchev–Trinajstić information content (AvgIpc) is 3.10. The molecule has 7 aromatic carbocycles. The summed E-state index contributed by atoms with van der Waals surface area (Å²) in [6.07, 6.45) is 1.97. The van der Waals surface area contributed by atoms with Gasteiger partial charge in [0.15, 0.2) is 0 Å². The molecule has 0 fully saturated rings. The maximum atomic E-state index is 5.32. The van der Waals surface area contributed by atoms with Gasteiger partial charge in [0.05, 0.1) is 16.7 Å². The van der Waals surface area contributed by atoms with Gasteiger partial charge in [0.1, 0.15) is 0 Å². The van der Waals surface area contributed by atoms with Crippen molar-refractivity contribution in [3.63, 3.8) is 0 Å². The summed E-state index contributed by atoms with van der Waals surface area (Å²) in [6, 6.07) is 42.4. The molecule has 2 nitrogen and oxygen atoms in total. The fourth-order valence-corrected chi connectivity index (χ4v) is 7.46. The van der Waals surface area contributed by atoms with E-state index in [4.69, 9.17) is 9.97 Å². The van der Waals surface area contributed by atoms with Gasteiger partial charge in [-0.1, -0.05) is 103 Å². The zero-order valence-electron chi connectivity index (χ0n) is 26.4. The standard InChI is InChI=1S/C44H32N2/c1-25-24-45-43-36(26(25)2)20-21-37-27(3)28(4)42(46-44(37)43)35-13-7-11-33(23-35)32-10-6-12-34(22-32)38-18-16-31-15-14-29-8-5-9-30-17-19-39(38)41(31)40(29)30/h5-24H,1-4H3. The van der Waals surface area contributed by atoms with Crippen LogP contribution in [0.3, 0.4) is 0 Å². The van der Waals surface area contributed by atoms with Gasteiger partial charge in [-0.3, -0.25) is 4.98 Å². The number of aromatic nitrogens is 2. The van der Waals surface area contributed by atoms with Gasteiger partial charge in [-0.2, -0.15) is 0 Å². The molecular weight excluding hydrogens is 556 g/mol. The number of benzene rings is 7. The third-order valence-electron chi connectivity index (χ3n) is 10.3. The van der Waals surface area contributed by atoms with Crippen LogP contribution >= 0.6 is 0 Å². The van der Waals surface area contributed by atoms with Crippen LogP contribution in [0.2, 0.25) is 0 Å². The minimum Gasteiger partial charge on any atom is -0.254 e. The molecule has 0 aliphatic carbocycles. The van der Waals surface area contributed by atoms with Crippen molar-refractivity contribution in [1.29, 1.82) is 0 Å². The van der Waals surface area contributed by atoms with Crippen molar-refractivity contribution in [3.05, 3.63) is 144 Å². The lowest BCUT2D eigenvalue weighted by Crippen LogP contribution is -1.97. The van der Waals surface area contributed by atoms with Crippen molar-refractivity contribution >= 4 is 54.1 Å². The van der Waals surface area contributed by atoms with Gasteiger partial charge < -0.3 is 0 Å². The highest BCUT2D eigenvalue weighted by Crippen LogP contribution is 2.40. The lowest BCUT2D eigenvalue weighted by Gasteiger charge is -2.16. The third-order valence-corrected chi connectivity index (χ3v) is 10.3. The molecule has 218 valence electrons. The highest BCUT2D eigenvalue weighted by molar-refractivity contribution is 6.25. The highest BCUT2D eigenvalue weighted by atomic mass is 14.8. The number of nitrogens with zero attached hydrogens (tertiary/aromatic N) is 2. The third kappa shape index (κ3) is 3.90. The maximum absolute atomic E-state index is 5.32. The quantitative estimate of drug-likeness (QED) is 0.192. The molecule has 2 aromatic heterocycles. The fraction of sp³-hybridized carbons (Fsp3) is 0.0909. The van der Waals surface area contributed by atoms with Crippen LogP contribution < -0.4 is 0 Å². The molecule has 2 heteroatoms. The van der Waals surface area contributed by atoms with Gasteiger partial charge in [-0.05, 0) is 117 Å². The van der Waals surface area contributed by atoms with E-state index in [1.165, 1.54) is 87.6 Å². The Hall–Kier alpha value is -5.60. The SMILES string of the molecule is Cc1cnc2c(ccc3c(C)c(C)c(-c4cccc(-c5cccc(-c6ccc7ccc8cccc9ccc6c7c89)c5)c4)nc32)c1C. The van der Waals surface area contributed by atoms with Crippen molar-refractivity contribution in [1.82, 2.24) is 9.97 Å². The number of pyridine rings is 2. The normalized spacial score (nSPS) is 11.9. The van der Waals surface area contributed by atoms with Crippen LogP contribution in [0.5, 0.6) is 0 Å². The van der Waals surface area contributed by atoms with Crippen LogP contribution in [0, 0.1) is 27.7 Å². The van der Waals surface area contributed by atoms with Crippen LogP contribution in [0.25, 0.3) is 87.6 Å². The van der Waals surface area contributed by atoms with Crippen molar-refractivity contribution in [2.45, 2.75) is 27.7 Å². The molecule has 0 amide bonds. The summed E-state index contributed by atoms with van der Waals surface area (Å²) in [6.45, 7) is 8.69. The molecule has 9 aromatic rings. The van der Waals surface area contributed by atoms with E-state index in [0.29, 0.717) is 0 Å². The Morgan fingerprint density at radius 2 is 1.00 bits per heavy atom. The summed E-state index contributed by atoms with van der Waals surface area (Å²) in [5.41, 5.74) is 13.9. The first-order chi connectivity index (χ1) is 22.5. The lowest BCUT2D eigenvalue weighted by molar-refractivity contribution is 1.25. The Kier molecular flexibility index (Phi) is 5.79. The molecule has 0 saturated heterocycles. The zero-order chi connectivity index (χ0) is 31.1. The van der Waals surface area contributed by atoms with Crippen molar-refractivity contribution in [3.8, 4) is 33.5 Å². The van der Waals surface area contributed by atoms with Gasteiger partial charge in [-0.25, -0.2) is 4.98 Å². The Balaban J connectivity index is 1.19. The summed E-state index contributed by atoms with van der Waals surface area (Å²) in [5.74, 6) is 0. The van der Waals surface area contributed by atoms with Gasteiger partial charge in [0, 0.05) is 22.5 Å². The van der Waals surface area contributed by atoms with E-state index in [2.05, 4.69) is 143 Å². The van der Waals surface area contributed by atoms with E-state index in [9.17, 15) is 0 Å². The highest BCUT2D eigenvalue weighted by Gasteiger charge is 2.16. The molecule has 0 aliphatic rings. The topological polar surface area (TPSA) is 25.8 Å². The predicted molar refractivity (Wildman–Crippen MR) is 196 cm³/mol. The number of fused-ring (bicyclic) bond motifs is 3. The van der Waals surface area contributed by atoms with Crippen molar-refractivity contribution in [2.24, 2.45) is 0 Å². The van der Waals surface area contributed by atoms with Crippen LogP contribution in [0.4, 0.5) is 0 Å². The molecule has 0 radical (unpaired) electrons. The molecule has 9 rings (SSSR count). The molecule has 0 aliphatic heterocycles. The fourth-order valence-electron chi connectivity index (χ4n) is 7.46. The second-order valence-corrected chi connectivity index (χ2v) is 12.8. The average molecular weight is 589 g/mol. The number of aryl methyl sites for hydroxylation is 3. The van der Waals surface area contributed by atoms with Crippen molar-refractivity contribution < 1.29 is 0 Å². The largest absolute Gasteiger partial charge is 0.254 e. The van der Waals surface area contributed by atoms with E-state index in [1.807, 2.05) is 6.20 Å². The monoisotopic (exact) mass is 588 g/mol. The molecule has 0 atom stereocenters. The molecule has 0 unspecified atom stereocenters. The van der Waals surface area contributed by atoms with Gasteiger partial charge in [0.2, 0.25) is 0 Å². The number of rotatable bonds is 3. The Morgan fingerprint density at radius 1 is 0.435 bits per heavy atom. The van der Waals surface area contributed by atoms with E-state index in [-0.39, 0.29) is 0 Å². The summed E-state index contributed by atoms with van der Waals surface area (Å²) in [7, 11) is 0. The number of hydrogen-bond donors (Lipinski definition) is 0.